The maximum Gasteiger partial charge on any atom is 0.335 e. The van der Waals surface area contributed by atoms with Gasteiger partial charge in [0.25, 0.3) is 0 Å². The number of carbonyl (C=O) groups is 2. The lowest BCUT2D eigenvalue weighted by Gasteiger charge is -2.05. The predicted octanol–water partition coefficient (Wildman–Crippen LogP) is 2.65. The number of thioether (sulfide) groups is 1. The lowest BCUT2D eigenvalue weighted by atomic mass is 10.2. The number of rotatable bonds is 6. The van der Waals surface area contributed by atoms with E-state index >= 15 is 0 Å². The quantitative estimate of drug-likeness (QED) is 0.857. The van der Waals surface area contributed by atoms with E-state index in [1.807, 2.05) is 30.3 Å². The van der Waals surface area contributed by atoms with Gasteiger partial charge in [0, 0.05) is 11.9 Å². The van der Waals surface area contributed by atoms with Gasteiger partial charge in [0.15, 0.2) is 0 Å². The highest BCUT2D eigenvalue weighted by atomic mass is 32.2. The van der Waals surface area contributed by atoms with Crippen LogP contribution in [0.3, 0.4) is 0 Å². The summed E-state index contributed by atoms with van der Waals surface area (Å²) >= 11 is 1.49. The van der Waals surface area contributed by atoms with Crippen LogP contribution >= 0.6 is 11.8 Å². The van der Waals surface area contributed by atoms with Crippen LogP contribution < -0.4 is 5.32 Å². The van der Waals surface area contributed by atoms with Gasteiger partial charge in [-0.05, 0) is 17.7 Å². The fraction of sp³-hybridized carbons (Fsp3) is 0.133. The minimum absolute atomic E-state index is 0.0947. The molecule has 0 unspecified atom stereocenters. The van der Waals surface area contributed by atoms with Gasteiger partial charge in [-0.25, -0.2) is 9.78 Å². The molecule has 108 valence electrons. The Balaban J connectivity index is 1.82. The number of aromatic carboxylic acids is 1. The van der Waals surface area contributed by atoms with Crippen molar-refractivity contribution < 1.29 is 14.7 Å². The monoisotopic (exact) mass is 302 g/mol. The molecule has 0 saturated carbocycles. The van der Waals surface area contributed by atoms with Crippen LogP contribution in [0.4, 0.5) is 5.82 Å². The summed E-state index contributed by atoms with van der Waals surface area (Å²) in [5.41, 5.74) is 1.25. The van der Waals surface area contributed by atoms with E-state index in [-0.39, 0.29) is 23.0 Å². The summed E-state index contributed by atoms with van der Waals surface area (Å²) in [7, 11) is 0. The second-order valence-electron chi connectivity index (χ2n) is 4.26. The van der Waals surface area contributed by atoms with Crippen LogP contribution in [-0.2, 0) is 10.5 Å². The van der Waals surface area contributed by atoms with Gasteiger partial charge in [-0.3, -0.25) is 4.79 Å². The van der Waals surface area contributed by atoms with Crippen LogP contribution in [0.2, 0.25) is 0 Å². The third-order valence-electron chi connectivity index (χ3n) is 2.62. The fourth-order valence-corrected chi connectivity index (χ4v) is 2.43. The van der Waals surface area contributed by atoms with E-state index in [1.54, 1.807) is 0 Å². The topological polar surface area (TPSA) is 79.3 Å². The zero-order chi connectivity index (χ0) is 15.1. The third-order valence-corrected chi connectivity index (χ3v) is 3.62. The molecule has 2 rings (SSSR count). The maximum atomic E-state index is 11.8. The number of aromatic nitrogens is 1. The minimum Gasteiger partial charge on any atom is -0.478 e. The molecule has 0 fully saturated rings. The number of benzene rings is 1. The van der Waals surface area contributed by atoms with E-state index in [9.17, 15) is 9.59 Å². The van der Waals surface area contributed by atoms with Gasteiger partial charge in [-0.2, -0.15) is 0 Å². The molecule has 1 heterocycles. The Bertz CT molecular complexity index is 632. The molecular formula is C15H14N2O3S. The van der Waals surface area contributed by atoms with Gasteiger partial charge >= 0.3 is 5.97 Å². The standard InChI is InChI=1S/C15H14N2O3S/c18-14(10-21-9-11-4-2-1-3-5-11)17-13-8-12(15(19)20)6-7-16-13/h1-8H,9-10H2,(H,19,20)(H,16,17,18). The fourth-order valence-electron chi connectivity index (χ4n) is 1.65. The highest BCUT2D eigenvalue weighted by Gasteiger charge is 2.07. The third kappa shape index (κ3) is 4.92. The van der Waals surface area contributed by atoms with Crippen molar-refractivity contribution in [3.63, 3.8) is 0 Å². The molecule has 0 saturated heterocycles. The highest BCUT2D eigenvalue weighted by Crippen LogP contribution is 2.12. The maximum absolute atomic E-state index is 11.8. The summed E-state index contributed by atoms with van der Waals surface area (Å²) in [5.74, 6) is 0.0302. The van der Waals surface area contributed by atoms with E-state index in [0.717, 1.165) is 11.3 Å². The average Bonchev–Trinajstić information content (AvgIpc) is 2.48. The van der Waals surface area contributed by atoms with E-state index in [2.05, 4.69) is 10.3 Å². The number of carbonyl (C=O) groups excluding carboxylic acids is 1. The summed E-state index contributed by atoms with van der Waals surface area (Å²) < 4.78 is 0. The molecule has 0 atom stereocenters. The van der Waals surface area contributed by atoms with Crippen LogP contribution in [0.15, 0.2) is 48.7 Å². The number of anilines is 1. The van der Waals surface area contributed by atoms with Crippen LogP contribution in [0.1, 0.15) is 15.9 Å². The zero-order valence-corrected chi connectivity index (χ0v) is 12.0. The first-order valence-electron chi connectivity index (χ1n) is 6.26. The Morgan fingerprint density at radius 3 is 2.67 bits per heavy atom. The van der Waals surface area contributed by atoms with Crippen LogP contribution in [0, 0.1) is 0 Å². The van der Waals surface area contributed by atoms with Crippen molar-refractivity contribution in [3.05, 3.63) is 59.8 Å². The van der Waals surface area contributed by atoms with Gasteiger partial charge < -0.3 is 10.4 Å². The summed E-state index contributed by atoms with van der Waals surface area (Å²) in [6, 6.07) is 12.6. The lowest BCUT2D eigenvalue weighted by Crippen LogP contribution is -2.15. The number of nitrogens with one attached hydrogen (secondary N) is 1. The molecule has 0 radical (unpaired) electrons. The molecule has 1 amide bonds. The molecule has 0 aliphatic rings. The first-order valence-corrected chi connectivity index (χ1v) is 7.41. The molecule has 2 N–H and O–H groups in total. The molecule has 6 heteroatoms. The van der Waals surface area contributed by atoms with Gasteiger partial charge in [0.2, 0.25) is 5.91 Å². The van der Waals surface area contributed by atoms with Crippen molar-refractivity contribution in [2.45, 2.75) is 5.75 Å². The molecule has 0 bridgehead atoms. The molecule has 1 aromatic heterocycles. The smallest absolute Gasteiger partial charge is 0.335 e. The molecule has 1 aromatic carbocycles. The number of nitrogens with zero attached hydrogens (tertiary/aromatic N) is 1. The zero-order valence-electron chi connectivity index (χ0n) is 11.2. The first-order chi connectivity index (χ1) is 10.1. The van der Waals surface area contributed by atoms with E-state index in [0.29, 0.717) is 0 Å². The lowest BCUT2D eigenvalue weighted by molar-refractivity contribution is -0.113. The van der Waals surface area contributed by atoms with Crippen molar-refractivity contribution in [1.29, 1.82) is 0 Å². The van der Waals surface area contributed by atoms with Gasteiger partial charge in [-0.15, -0.1) is 11.8 Å². The summed E-state index contributed by atoms with van der Waals surface area (Å²) in [6.07, 6.45) is 1.36. The molecule has 21 heavy (non-hydrogen) atoms. The highest BCUT2D eigenvalue weighted by molar-refractivity contribution is 7.99. The molecule has 0 aliphatic heterocycles. The number of carboxylic acid groups (broad SMARTS) is 1. The van der Waals surface area contributed by atoms with Crippen molar-refractivity contribution in [2.75, 3.05) is 11.1 Å². The van der Waals surface area contributed by atoms with E-state index in [1.165, 1.54) is 30.1 Å². The van der Waals surface area contributed by atoms with Crippen molar-refractivity contribution in [2.24, 2.45) is 0 Å². The Hall–Kier alpha value is -2.34. The predicted molar refractivity (Wildman–Crippen MR) is 82.4 cm³/mol. The normalized spacial score (nSPS) is 10.1. The van der Waals surface area contributed by atoms with E-state index < -0.39 is 5.97 Å². The summed E-state index contributed by atoms with van der Waals surface area (Å²) in [5, 5.41) is 11.5. The second-order valence-corrected chi connectivity index (χ2v) is 5.25. The van der Waals surface area contributed by atoms with Gasteiger partial charge in [-0.1, -0.05) is 30.3 Å². The SMILES string of the molecule is O=C(CSCc1ccccc1)Nc1cc(C(=O)O)ccn1. The van der Waals surface area contributed by atoms with Crippen LogP contribution in [0.5, 0.6) is 0 Å². The average molecular weight is 302 g/mol. The molecule has 0 spiro atoms. The number of hydrogen-bond donors (Lipinski definition) is 2. The van der Waals surface area contributed by atoms with Gasteiger partial charge in [0.05, 0.1) is 11.3 Å². The van der Waals surface area contributed by atoms with Crippen LogP contribution in [0.25, 0.3) is 0 Å². The van der Waals surface area contributed by atoms with E-state index in [4.69, 9.17) is 5.11 Å². The molecule has 5 nitrogen and oxygen atoms in total. The molecule has 2 aromatic rings. The number of pyridine rings is 1. The first kappa shape index (κ1) is 15.1. The van der Waals surface area contributed by atoms with Crippen molar-refractivity contribution in [1.82, 2.24) is 4.98 Å². The number of carboxylic acids is 1. The Kier molecular flexibility index (Phi) is 5.34. The molecular weight excluding hydrogens is 288 g/mol. The second kappa shape index (κ2) is 7.44. The summed E-state index contributed by atoms with van der Waals surface area (Å²) in [6.45, 7) is 0. The largest absolute Gasteiger partial charge is 0.478 e. The Labute approximate surface area is 126 Å². The molecule has 0 aliphatic carbocycles. The Morgan fingerprint density at radius 2 is 1.95 bits per heavy atom. The minimum atomic E-state index is -1.05. The van der Waals surface area contributed by atoms with Crippen LogP contribution in [-0.4, -0.2) is 27.7 Å². The van der Waals surface area contributed by atoms with Crippen molar-refractivity contribution in [3.8, 4) is 0 Å². The number of hydrogen-bond acceptors (Lipinski definition) is 4. The number of amides is 1. The van der Waals surface area contributed by atoms with Crippen molar-refractivity contribution >= 4 is 29.5 Å². The van der Waals surface area contributed by atoms with Gasteiger partial charge in [0.1, 0.15) is 5.82 Å². The Morgan fingerprint density at radius 1 is 1.19 bits per heavy atom. The summed E-state index contributed by atoms with van der Waals surface area (Å²) in [4.78, 5) is 26.5.